The van der Waals surface area contributed by atoms with Gasteiger partial charge in [-0.1, -0.05) is 30.3 Å². The van der Waals surface area contributed by atoms with E-state index in [0.29, 0.717) is 35.1 Å². The zero-order chi connectivity index (χ0) is 23.3. The number of anilines is 1. The van der Waals surface area contributed by atoms with Crippen molar-refractivity contribution >= 4 is 11.6 Å². The highest BCUT2D eigenvalue weighted by Gasteiger charge is 2.21. The zero-order valence-corrected chi connectivity index (χ0v) is 18.5. The number of para-hydroxylation sites is 1. The van der Waals surface area contributed by atoms with Crippen LogP contribution in [0.15, 0.2) is 102 Å². The fourth-order valence-corrected chi connectivity index (χ4v) is 3.51. The molecule has 0 radical (unpaired) electrons. The van der Waals surface area contributed by atoms with Crippen LogP contribution in [0.25, 0.3) is 17.1 Å². The fraction of sp³-hybridized carbons (Fsp3) is 0.0741. The minimum absolute atomic E-state index is 0.296. The molecule has 2 aromatic carbocycles. The summed E-state index contributed by atoms with van der Waals surface area (Å²) in [6.07, 6.45) is 5.19. The Morgan fingerprint density at radius 1 is 1.03 bits per heavy atom. The lowest BCUT2D eigenvalue weighted by Crippen LogP contribution is -2.12. The Kier molecular flexibility index (Phi) is 5.90. The first-order valence-corrected chi connectivity index (χ1v) is 10.8. The molecular weight excluding hydrogens is 428 g/mol. The maximum absolute atomic E-state index is 13.3. The summed E-state index contributed by atoms with van der Waals surface area (Å²) < 4.78 is 13.3. The van der Waals surface area contributed by atoms with Crippen molar-refractivity contribution in [1.29, 1.82) is 0 Å². The molecule has 7 heteroatoms. The topological polar surface area (TPSA) is 82.2 Å². The van der Waals surface area contributed by atoms with Crippen LogP contribution in [0.4, 0.5) is 5.69 Å². The molecule has 0 fully saturated rings. The molecule has 5 aromatic rings. The summed E-state index contributed by atoms with van der Waals surface area (Å²) in [5.74, 6) is 1.62. The van der Waals surface area contributed by atoms with Gasteiger partial charge in [0.2, 0.25) is 0 Å². The first-order chi connectivity index (χ1) is 16.7. The summed E-state index contributed by atoms with van der Waals surface area (Å²) in [5.41, 5.74) is 3.29. The third kappa shape index (κ3) is 4.73. The number of furan rings is 1. The van der Waals surface area contributed by atoms with Crippen LogP contribution in [0.5, 0.6) is 5.75 Å². The normalized spacial score (nSPS) is 10.7. The number of hydrogen-bond acceptors (Lipinski definition) is 5. The first-order valence-electron chi connectivity index (χ1n) is 10.8. The summed E-state index contributed by atoms with van der Waals surface area (Å²) in [4.78, 5) is 17.4. The highest BCUT2D eigenvalue weighted by Crippen LogP contribution is 2.27. The maximum atomic E-state index is 13.3. The van der Waals surface area contributed by atoms with Gasteiger partial charge in [0, 0.05) is 35.9 Å². The molecule has 0 unspecified atom stereocenters. The van der Waals surface area contributed by atoms with Gasteiger partial charge in [-0.25, -0.2) is 4.68 Å². The van der Waals surface area contributed by atoms with Gasteiger partial charge < -0.3 is 14.5 Å². The van der Waals surface area contributed by atoms with Crippen LogP contribution in [0.1, 0.15) is 21.7 Å². The quantitative estimate of drug-likeness (QED) is 0.346. The Bertz CT molecular complexity index is 1410. The Balaban J connectivity index is 1.39. The molecule has 5 rings (SSSR count). The third-order valence-corrected chi connectivity index (χ3v) is 5.17. The predicted molar refractivity (Wildman–Crippen MR) is 129 cm³/mol. The summed E-state index contributed by atoms with van der Waals surface area (Å²) in [6, 6.07) is 24.4. The van der Waals surface area contributed by atoms with Crippen molar-refractivity contribution < 1.29 is 13.9 Å². The van der Waals surface area contributed by atoms with Gasteiger partial charge in [-0.3, -0.25) is 9.78 Å². The van der Waals surface area contributed by atoms with E-state index in [4.69, 9.17) is 9.15 Å². The number of aryl methyl sites for hydroxylation is 1. The third-order valence-electron chi connectivity index (χ3n) is 5.17. The second-order valence-corrected chi connectivity index (χ2v) is 7.71. The van der Waals surface area contributed by atoms with Gasteiger partial charge in [0.15, 0.2) is 5.76 Å². The van der Waals surface area contributed by atoms with E-state index in [1.165, 1.54) is 0 Å². The van der Waals surface area contributed by atoms with Gasteiger partial charge >= 0.3 is 0 Å². The van der Waals surface area contributed by atoms with E-state index >= 15 is 0 Å². The monoisotopic (exact) mass is 450 g/mol. The minimum atomic E-state index is -0.296. The van der Waals surface area contributed by atoms with Crippen molar-refractivity contribution in [2.24, 2.45) is 0 Å². The van der Waals surface area contributed by atoms with E-state index < -0.39 is 0 Å². The largest absolute Gasteiger partial charge is 0.489 e. The molecule has 3 aromatic heterocycles. The zero-order valence-electron chi connectivity index (χ0n) is 18.5. The summed E-state index contributed by atoms with van der Waals surface area (Å²) in [5, 5.41) is 7.59. The van der Waals surface area contributed by atoms with E-state index in [-0.39, 0.29) is 5.91 Å². The number of rotatable bonds is 7. The Morgan fingerprint density at radius 3 is 2.68 bits per heavy atom. The van der Waals surface area contributed by atoms with Gasteiger partial charge in [-0.05, 0) is 49.4 Å². The number of aromatic nitrogens is 3. The number of ether oxygens (including phenoxy) is 1. The molecule has 0 saturated heterocycles. The van der Waals surface area contributed by atoms with Crippen molar-refractivity contribution in [1.82, 2.24) is 14.8 Å². The lowest BCUT2D eigenvalue weighted by atomic mass is 10.2. The van der Waals surface area contributed by atoms with Crippen molar-refractivity contribution in [3.63, 3.8) is 0 Å². The van der Waals surface area contributed by atoms with Crippen molar-refractivity contribution in [3.8, 4) is 22.9 Å². The molecule has 1 amide bonds. The molecule has 7 nitrogen and oxygen atoms in total. The van der Waals surface area contributed by atoms with Crippen LogP contribution < -0.4 is 10.1 Å². The first kappa shape index (κ1) is 21.2. The summed E-state index contributed by atoms with van der Waals surface area (Å²) in [6.45, 7) is 2.24. The Hall–Kier alpha value is -4.65. The molecule has 0 aliphatic rings. The van der Waals surface area contributed by atoms with Crippen molar-refractivity contribution in [2.75, 3.05) is 5.32 Å². The Labute approximate surface area is 196 Å². The molecule has 0 aliphatic heterocycles. The Morgan fingerprint density at radius 2 is 1.91 bits per heavy atom. The lowest BCUT2D eigenvalue weighted by Gasteiger charge is -2.09. The van der Waals surface area contributed by atoms with Crippen molar-refractivity contribution in [3.05, 3.63) is 114 Å². The number of nitrogens with zero attached hydrogens (tertiary/aromatic N) is 3. The van der Waals surface area contributed by atoms with E-state index in [1.807, 2.05) is 79.7 Å². The van der Waals surface area contributed by atoms with E-state index in [0.717, 1.165) is 17.0 Å². The van der Waals surface area contributed by atoms with Gasteiger partial charge in [-0.2, -0.15) is 5.10 Å². The van der Waals surface area contributed by atoms with Gasteiger partial charge in [0.25, 0.3) is 5.91 Å². The van der Waals surface area contributed by atoms with Crippen LogP contribution in [-0.4, -0.2) is 20.7 Å². The number of carbonyl (C=O) groups excluding carboxylic acids is 1. The van der Waals surface area contributed by atoms with Crippen molar-refractivity contribution in [2.45, 2.75) is 13.5 Å². The molecule has 0 aliphatic carbocycles. The van der Waals surface area contributed by atoms with Crippen LogP contribution in [0, 0.1) is 6.92 Å². The number of pyridine rings is 1. The van der Waals surface area contributed by atoms with E-state index in [1.54, 1.807) is 29.3 Å². The van der Waals surface area contributed by atoms with E-state index in [2.05, 4.69) is 15.4 Å². The predicted octanol–water partition coefficient (Wildman–Crippen LogP) is 5.67. The maximum Gasteiger partial charge on any atom is 0.259 e. The highest BCUT2D eigenvalue weighted by atomic mass is 16.5. The van der Waals surface area contributed by atoms with Gasteiger partial charge in [0.05, 0.1) is 11.3 Å². The number of hydrogen-bond donors (Lipinski definition) is 1. The number of amides is 1. The standard InChI is InChI=1S/C27H22N4O3/c1-19-12-13-25(34-19)26-24(17-31(30-26)22-9-3-2-4-10-22)27(32)29-21-8-5-11-23(15-21)33-18-20-7-6-14-28-16-20/h2-17H,18H2,1H3,(H,29,32). The minimum Gasteiger partial charge on any atom is -0.489 e. The fourth-order valence-electron chi connectivity index (χ4n) is 3.51. The SMILES string of the molecule is Cc1ccc(-c2nn(-c3ccccc3)cc2C(=O)Nc2cccc(OCc3cccnc3)c2)o1. The molecule has 168 valence electrons. The average molecular weight is 450 g/mol. The van der Waals surface area contributed by atoms with Gasteiger partial charge in [0.1, 0.15) is 23.8 Å². The highest BCUT2D eigenvalue weighted by molar-refractivity contribution is 6.07. The number of nitrogens with one attached hydrogen (secondary N) is 1. The molecule has 0 atom stereocenters. The summed E-state index contributed by atoms with van der Waals surface area (Å²) in [7, 11) is 0. The second kappa shape index (κ2) is 9.46. The summed E-state index contributed by atoms with van der Waals surface area (Å²) >= 11 is 0. The molecule has 0 saturated carbocycles. The molecule has 0 spiro atoms. The smallest absolute Gasteiger partial charge is 0.259 e. The van der Waals surface area contributed by atoms with Gasteiger partial charge in [-0.15, -0.1) is 0 Å². The second-order valence-electron chi connectivity index (χ2n) is 7.71. The van der Waals surface area contributed by atoms with E-state index in [9.17, 15) is 4.79 Å². The molecular formula is C27H22N4O3. The lowest BCUT2D eigenvalue weighted by molar-refractivity contribution is 0.102. The number of benzene rings is 2. The molecule has 0 bridgehead atoms. The molecule has 3 heterocycles. The number of carbonyl (C=O) groups is 1. The van der Waals surface area contributed by atoms with Crippen LogP contribution >= 0.6 is 0 Å². The van der Waals surface area contributed by atoms with Crippen LogP contribution in [0.2, 0.25) is 0 Å². The molecule has 1 N–H and O–H groups in total. The molecule has 34 heavy (non-hydrogen) atoms. The van der Waals surface area contributed by atoms with Crippen LogP contribution in [0.3, 0.4) is 0 Å². The average Bonchev–Trinajstić information content (AvgIpc) is 3.51. The van der Waals surface area contributed by atoms with Crippen LogP contribution in [-0.2, 0) is 6.61 Å².